The first-order valence-electron chi connectivity index (χ1n) is 6.49. The Morgan fingerprint density at radius 3 is 1.45 bits per heavy atom. The molecular formula is C16H10S6. The summed E-state index contributed by atoms with van der Waals surface area (Å²) in [6.07, 6.45) is 0. The van der Waals surface area contributed by atoms with E-state index in [9.17, 15) is 0 Å². The monoisotopic (exact) mass is 394 g/mol. The van der Waals surface area contributed by atoms with Crippen molar-refractivity contribution in [1.82, 2.24) is 0 Å². The third-order valence-corrected chi connectivity index (χ3v) is 9.61. The zero-order valence-electron chi connectivity index (χ0n) is 11.2. The van der Waals surface area contributed by atoms with Crippen molar-refractivity contribution >= 4 is 66.9 Å². The zero-order chi connectivity index (χ0) is 14.8. The molecule has 0 unspecified atom stereocenters. The summed E-state index contributed by atoms with van der Waals surface area (Å²) in [6.45, 7) is 0. The van der Waals surface area contributed by atoms with E-state index < -0.39 is 0 Å². The van der Waals surface area contributed by atoms with Crippen molar-refractivity contribution in [3.05, 3.63) is 57.9 Å². The summed E-state index contributed by atoms with van der Waals surface area (Å²) >= 11 is 7.28. The molecule has 6 heteroatoms. The van der Waals surface area contributed by atoms with Crippen LogP contribution in [0.5, 0.6) is 0 Å². The van der Waals surface area contributed by atoms with Gasteiger partial charge in [-0.3, -0.25) is 0 Å². The maximum atomic E-state index is 2.23. The van der Waals surface area contributed by atoms with Crippen LogP contribution in [0.4, 0.5) is 0 Å². The number of rotatable bonds is 5. The van der Waals surface area contributed by atoms with Crippen molar-refractivity contribution in [2.45, 2.75) is 9.79 Å². The second-order valence-electron chi connectivity index (χ2n) is 4.35. The molecule has 0 radical (unpaired) electrons. The molecule has 0 aromatic carbocycles. The third-order valence-electron chi connectivity index (χ3n) is 2.97. The predicted molar refractivity (Wildman–Crippen MR) is 107 cm³/mol. The van der Waals surface area contributed by atoms with Crippen LogP contribution in [-0.2, 0) is 0 Å². The fourth-order valence-electron chi connectivity index (χ4n) is 1.99. The lowest BCUT2D eigenvalue weighted by Gasteiger charge is -2.02. The second-order valence-corrected chi connectivity index (χ2v) is 10.3. The van der Waals surface area contributed by atoms with E-state index in [1.165, 1.54) is 29.3 Å². The van der Waals surface area contributed by atoms with Gasteiger partial charge >= 0.3 is 0 Å². The van der Waals surface area contributed by atoms with Crippen LogP contribution >= 0.6 is 66.9 Å². The molecule has 0 fully saturated rings. The Morgan fingerprint density at radius 2 is 1.05 bits per heavy atom. The van der Waals surface area contributed by atoms with Crippen LogP contribution in [0.2, 0.25) is 0 Å². The van der Waals surface area contributed by atoms with Crippen molar-refractivity contribution in [3.63, 3.8) is 0 Å². The van der Waals surface area contributed by atoms with E-state index in [4.69, 9.17) is 0 Å². The van der Waals surface area contributed by atoms with E-state index in [1.807, 2.05) is 66.9 Å². The van der Waals surface area contributed by atoms with Gasteiger partial charge in [0.05, 0.1) is 9.75 Å². The first kappa shape index (κ1) is 15.1. The molecule has 4 aromatic rings. The Morgan fingerprint density at radius 1 is 0.545 bits per heavy atom. The van der Waals surface area contributed by atoms with Crippen molar-refractivity contribution in [2.24, 2.45) is 0 Å². The highest BCUT2D eigenvalue weighted by atomic mass is 33.1. The van der Waals surface area contributed by atoms with Gasteiger partial charge in [-0.2, -0.15) is 0 Å². The van der Waals surface area contributed by atoms with Crippen LogP contribution < -0.4 is 0 Å². The smallest absolute Gasteiger partial charge is 0.0587 e. The van der Waals surface area contributed by atoms with E-state index in [0.29, 0.717) is 0 Å². The van der Waals surface area contributed by atoms with Crippen molar-refractivity contribution < 1.29 is 0 Å². The molecule has 22 heavy (non-hydrogen) atoms. The van der Waals surface area contributed by atoms with Gasteiger partial charge in [0.1, 0.15) is 0 Å². The van der Waals surface area contributed by atoms with E-state index in [0.717, 1.165) is 0 Å². The summed E-state index contributed by atoms with van der Waals surface area (Å²) < 4.78 is 0. The third kappa shape index (κ3) is 3.09. The van der Waals surface area contributed by atoms with Crippen molar-refractivity contribution in [1.29, 1.82) is 0 Å². The highest BCUT2D eigenvalue weighted by Crippen LogP contribution is 2.49. The van der Waals surface area contributed by atoms with Crippen LogP contribution in [0.25, 0.3) is 19.5 Å². The van der Waals surface area contributed by atoms with E-state index >= 15 is 0 Å². The molecule has 0 nitrogen and oxygen atoms in total. The van der Waals surface area contributed by atoms with Crippen LogP contribution in [0.3, 0.4) is 0 Å². The quantitative estimate of drug-likeness (QED) is 0.314. The van der Waals surface area contributed by atoms with E-state index in [1.54, 1.807) is 0 Å². The fourth-order valence-corrected chi connectivity index (χ4v) is 8.67. The first-order chi connectivity index (χ1) is 10.9. The lowest BCUT2D eigenvalue weighted by Crippen LogP contribution is -1.69. The number of thiophene rings is 4. The predicted octanol–water partition coefficient (Wildman–Crippen LogP) is 8.07. The van der Waals surface area contributed by atoms with Crippen LogP contribution in [0.15, 0.2) is 67.7 Å². The van der Waals surface area contributed by atoms with Crippen LogP contribution in [0.1, 0.15) is 0 Å². The molecule has 0 N–H and O–H groups in total. The molecule has 0 aliphatic heterocycles. The van der Waals surface area contributed by atoms with Gasteiger partial charge in [-0.05, 0) is 45.8 Å². The minimum absolute atomic E-state index is 1.36. The maximum Gasteiger partial charge on any atom is 0.0587 e. The Balaban J connectivity index is 1.55. The summed E-state index contributed by atoms with van der Waals surface area (Å²) in [5.74, 6) is 0. The molecule has 0 saturated carbocycles. The summed E-state index contributed by atoms with van der Waals surface area (Å²) in [5, 5.41) is 8.66. The number of hydrogen-bond donors (Lipinski definition) is 0. The van der Waals surface area contributed by atoms with Crippen LogP contribution in [0, 0.1) is 0 Å². The van der Waals surface area contributed by atoms with Gasteiger partial charge in [-0.1, -0.05) is 33.7 Å². The largest absolute Gasteiger partial charge is 0.143 e. The van der Waals surface area contributed by atoms with E-state index in [2.05, 4.69) is 57.9 Å². The summed E-state index contributed by atoms with van der Waals surface area (Å²) in [7, 11) is 3.73. The SMILES string of the molecule is c1csc(-c2sccc2SSc2ccsc2-c2cccs2)c1. The van der Waals surface area contributed by atoms with Gasteiger partial charge in [0.25, 0.3) is 0 Å². The lowest BCUT2D eigenvalue weighted by atomic mass is 10.4. The van der Waals surface area contributed by atoms with Crippen LogP contribution in [-0.4, -0.2) is 0 Å². The number of hydrogen-bond acceptors (Lipinski definition) is 6. The lowest BCUT2D eigenvalue weighted by molar-refractivity contribution is 1.59. The molecule has 0 atom stereocenters. The standard InChI is InChI=1S/C16H10S6/c1-3-11(17-7-1)15-13(5-9-19-15)21-22-14-6-10-20-16(14)12-4-2-8-18-12/h1-10H. The summed E-state index contributed by atoms with van der Waals surface area (Å²) in [4.78, 5) is 8.23. The van der Waals surface area contributed by atoms with Gasteiger partial charge in [0.2, 0.25) is 0 Å². The molecule has 4 rings (SSSR count). The van der Waals surface area contributed by atoms with Crippen molar-refractivity contribution in [3.8, 4) is 19.5 Å². The molecule has 0 aliphatic carbocycles. The molecular weight excluding hydrogens is 385 g/mol. The first-order valence-corrected chi connectivity index (χ1v) is 12.2. The van der Waals surface area contributed by atoms with Gasteiger partial charge < -0.3 is 0 Å². The maximum absolute atomic E-state index is 2.23. The molecule has 0 bridgehead atoms. The van der Waals surface area contributed by atoms with Crippen molar-refractivity contribution in [2.75, 3.05) is 0 Å². The Kier molecular flexibility index (Phi) is 4.75. The molecule has 0 saturated heterocycles. The normalized spacial score (nSPS) is 11.1. The molecule has 110 valence electrons. The minimum Gasteiger partial charge on any atom is -0.143 e. The van der Waals surface area contributed by atoms with Gasteiger partial charge in [0.15, 0.2) is 0 Å². The average molecular weight is 395 g/mol. The highest BCUT2D eigenvalue weighted by molar-refractivity contribution is 8.76. The topological polar surface area (TPSA) is 0 Å². The Bertz CT molecular complexity index is 763. The fraction of sp³-hybridized carbons (Fsp3) is 0. The van der Waals surface area contributed by atoms with Gasteiger partial charge in [0, 0.05) is 19.5 Å². The van der Waals surface area contributed by atoms with Gasteiger partial charge in [-0.25, -0.2) is 0 Å². The summed E-state index contributed by atoms with van der Waals surface area (Å²) in [5.41, 5.74) is 0. The molecule has 0 spiro atoms. The minimum atomic E-state index is 1.36. The van der Waals surface area contributed by atoms with E-state index in [-0.39, 0.29) is 0 Å². The molecule has 4 aromatic heterocycles. The highest BCUT2D eigenvalue weighted by Gasteiger charge is 2.13. The molecule has 0 amide bonds. The Hall–Kier alpha value is -0.500. The average Bonchev–Trinajstić information content (AvgIpc) is 3.32. The molecule has 4 heterocycles. The zero-order valence-corrected chi connectivity index (χ0v) is 16.1. The summed E-state index contributed by atoms with van der Waals surface area (Å²) in [6, 6.07) is 13.1. The molecule has 0 aliphatic rings. The van der Waals surface area contributed by atoms with Gasteiger partial charge in [-0.15, -0.1) is 45.3 Å². The Labute approximate surface area is 153 Å². The second kappa shape index (κ2) is 6.95.